The SMILES string of the molecule is CCOCC(=O)N1CCSC(c2cc(F)ccc2F)CC1. The van der Waals surface area contributed by atoms with Crippen LogP contribution in [0.25, 0.3) is 0 Å². The Kier molecular flexibility index (Phi) is 5.99. The van der Waals surface area contributed by atoms with Gasteiger partial charge in [0.25, 0.3) is 0 Å². The summed E-state index contributed by atoms with van der Waals surface area (Å²) in [6.45, 7) is 3.59. The Morgan fingerprint density at radius 3 is 3.00 bits per heavy atom. The summed E-state index contributed by atoms with van der Waals surface area (Å²) in [6, 6.07) is 3.54. The predicted octanol–water partition coefficient (Wildman–Crippen LogP) is 3.01. The number of amides is 1. The van der Waals surface area contributed by atoms with Crippen molar-refractivity contribution >= 4 is 17.7 Å². The van der Waals surface area contributed by atoms with Crippen LogP contribution in [0.3, 0.4) is 0 Å². The summed E-state index contributed by atoms with van der Waals surface area (Å²) in [4.78, 5) is 13.7. The summed E-state index contributed by atoms with van der Waals surface area (Å²) in [5, 5.41) is -0.120. The fraction of sp³-hybridized carbons (Fsp3) is 0.533. The molecule has 1 unspecified atom stereocenters. The Morgan fingerprint density at radius 2 is 2.24 bits per heavy atom. The highest BCUT2D eigenvalue weighted by Gasteiger charge is 2.24. The van der Waals surface area contributed by atoms with Crippen LogP contribution in [0.5, 0.6) is 0 Å². The molecular formula is C15H19F2NO2S. The first-order valence-corrected chi connectivity index (χ1v) is 8.08. The van der Waals surface area contributed by atoms with E-state index in [0.717, 1.165) is 12.1 Å². The molecule has 3 nitrogen and oxygen atoms in total. The minimum atomic E-state index is -0.430. The van der Waals surface area contributed by atoms with Crippen molar-refractivity contribution in [3.63, 3.8) is 0 Å². The molecule has 1 fully saturated rings. The van der Waals surface area contributed by atoms with Gasteiger partial charge in [0.2, 0.25) is 5.91 Å². The number of rotatable bonds is 4. The Balaban J connectivity index is 2.00. The molecule has 0 aliphatic carbocycles. The van der Waals surface area contributed by atoms with E-state index in [1.54, 1.807) is 16.7 Å². The summed E-state index contributed by atoms with van der Waals surface area (Å²) in [5.74, 6) is -0.153. The maximum absolute atomic E-state index is 13.8. The van der Waals surface area contributed by atoms with E-state index in [-0.39, 0.29) is 23.6 Å². The van der Waals surface area contributed by atoms with E-state index in [1.165, 1.54) is 6.07 Å². The predicted molar refractivity (Wildman–Crippen MR) is 79.2 cm³/mol. The lowest BCUT2D eigenvalue weighted by Gasteiger charge is -2.20. The van der Waals surface area contributed by atoms with Crippen molar-refractivity contribution in [1.82, 2.24) is 4.90 Å². The molecule has 0 saturated carbocycles. The topological polar surface area (TPSA) is 29.5 Å². The quantitative estimate of drug-likeness (QED) is 0.855. The summed E-state index contributed by atoms with van der Waals surface area (Å²) in [6.07, 6.45) is 0.614. The third-order valence-corrected chi connectivity index (χ3v) is 4.74. The van der Waals surface area contributed by atoms with E-state index < -0.39 is 5.82 Å². The molecule has 1 amide bonds. The zero-order chi connectivity index (χ0) is 15.2. The Labute approximate surface area is 127 Å². The summed E-state index contributed by atoms with van der Waals surface area (Å²) in [7, 11) is 0. The Hall–Kier alpha value is -1.14. The summed E-state index contributed by atoms with van der Waals surface area (Å²) < 4.78 is 32.2. The molecule has 1 aromatic carbocycles. The van der Waals surface area contributed by atoms with Crippen LogP contribution < -0.4 is 0 Å². The average Bonchev–Trinajstić information content (AvgIpc) is 2.73. The van der Waals surface area contributed by atoms with Gasteiger partial charge in [0.15, 0.2) is 0 Å². The first kappa shape index (κ1) is 16.2. The lowest BCUT2D eigenvalue weighted by Crippen LogP contribution is -2.35. The smallest absolute Gasteiger partial charge is 0.248 e. The highest BCUT2D eigenvalue weighted by Crippen LogP contribution is 2.36. The molecule has 1 aliphatic heterocycles. The standard InChI is InChI=1S/C15H19F2NO2S/c1-2-20-10-15(19)18-6-5-14(21-8-7-18)12-9-11(16)3-4-13(12)17/h3-4,9,14H,2,5-8,10H2,1H3. The van der Waals surface area contributed by atoms with E-state index in [4.69, 9.17) is 4.74 Å². The van der Waals surface area contributed by atoms with Crippen LogP contribution >= 0.6 is 11.8 Å². The number of ether oxygens (including phenoxy) is 1. The Morgan fingerprint density at radius 1 is 1.43 bits per heavy atom. The third-order valence-electron chi connectivity index (χ3n) is 3.43. The number of nitrogens with zero attached hydrogens (tertiary/aromatic N) is 1. The molecule has 1 heterocycles. The van der Waals surface area contributed by atoms with Gasteiger partial charge in [-0.05, 0) is 31.5 Å². The minimum Gasteiger partial charge on any atom is -0.372 e. The van der Waals surface area contributed by atoms with Crippen molar-refractivity contribution in [2.24, 2.45) is 0 Å². The lowest BCUT2D eigenvalue weighted by atomic mass is 10.1. The molecule has 1 atom stereocenters. The van der Waals surface area contributed by atoms with Gasteiger partial charge < -0.3 is 9.64 Å². The van der Waals surface area contributed by atoms with Crippen LogP contribution in [0.2, 0.25) is 0 Å². The van der Waals surface area contributed by atoms with E-state index in [0.29, 0.717) is 37.4 Å². The molecular weight excluding hydrogens is 296 g/mol. The van der Waals surface area contributed by atoms with Gasteiger partial charge in [0.05, 0.1) is 0 Å². The second kappa shape index (κ2) is 7.75. The lowest BCUT2D eigenvalue weighted by molar-refractivity contribution is -0.135. The van der Waals surface area contributed by atoms with Crippen molar-refractivity contribution in [3.8, 4) is 0 Å². The molecule has 0 spiro atoms. The van der Waals surface area contributed by atoms with Gasteiger partial charge in [-0.2, -0.15) is 11.8 Å². The van der Waals surface area contributed by atoms with Crippen LogP contribution in [-0.4, -0.2) is 42.9 Å². The van der Waals surface area contributed by atoms with Gasteiger partial charge in [0.1, 0.15) is 18.2 Å². The molecule has 116 valence electrons. The molecule has 1 saturated heterocycles. The largest absolute Gasteiger partial charge is 0.372 e. The van der Waals surface area contributed by atoms with Crippen LogP contribution in [0.1, 0.15) is 24.2 Å². The molecule has 21 heavy (non-hydrogen) atoms. The second-order valence-corrected chi connectivity index (χ2v) is 6.14. The van der Waals surface area contributed by atoms with E-state index in [1.807, 2.05) is 6.92 Å². The van der Waals surface area contributed by atoms with E-state index in [2.05, 4.69) is 0 Å². The van der Waals surface area contributed by atoms with Crippen LogP contribution in [0.4, 0.5) is 8.78 Å². The van der Waals surface area contributed by atoms with Crippen molar-refractivity contribution in [2.75, 3.05) is 32.1 Å². The second-order valence-electron chi connectivity index (χ2n) is 4.83. The highest BCUT2D eigenvalue weighted by atomic mass is 32.2. The van der Waals surface area contributed by atoms with Crippen molar-refractivity contribution in [1.29, 1.82) is 0 Å². The van der Waals surface area contributed by atoms with Crippen LogP contribution in [-0.2, 0) is 9.53 Å². The maximum Gasteiger partial charge on any atom is 0.248 e. The fourth-order valence-corrected chi connectivity index (χ4v) is 3.55. The zero-order valence-corrected chi connectivity index (χ0v) is 12.8. The van der Waals surface area contributed by atoms with Gasteiger partial charge in [-0.1, -0.05) is 0 Å². The number of carbonyl (C=O) groups is 1. The fourth-order valence-electron chi connectivity index (χ4n) is 2.31. The first-order chi connectivity index (χ1) is 10.1. The highest BCUT2D eigenvalue weighted by molar-refractivity contribution is 7.99. The molecule has 0 N–H and O–H groups in total. The molecule has 2 rings (SSSR count). The molecule has 0 radical (unpaired) electrons. The third kappa shape index (κ3) is 4.41. The summed E-state index contributed by atoms with van der Waals surface area (Å²) >= 11 is 1.56. The molecule has 0 bridgehead atoms. The van der Waals surface area contributed by atoms with E-state index in [9.17, 15) is 13.6 Å². The van der Waals surface area contributed by atoms with Gasteiger partial charge in [0, 0.05) is 36.3 Å². The molecule has 1 aromatic rings. The van der Waals surface area contributed by atoms with Gasteiger partial charge in [-0.25, -0.2) is 8.78 Å². The molecule has 0 aromatic heterocycles. The van der Waals surface area contributed by atoms with Crippen LogP contribution in [0, 0.1) is 11.6 Å². The average molecular weight is 315 g/mol. The number of benzene rings is 1. The first-order valence-electron chi connectivity index (χ1n) is 7.04. The minimum absolute atomic E-state index is 0.0437. The number of halogens is 2. The number of thioether (sulfide) groups is 1. The van der Waals surface area contributed by atoms with Crippen molar-refractivity contribution in [2.45, 2.75) is 18.6 Å². The Bertz CT molecular complexity index is 499. The monoisotopic (exact) mass is 315 g/mol. The van der Waals surface area contributed by atoms with Gasteiger partial charge >= 0.3 is 0 Å². The van der Waals surface area contributed by atoms with Gasteiger partial charge in [-0.3, -0.25) is 4.79 Å². The zero-order valence-electron chi connectivity index (χ0n) is 12.0. The molecule has 1 aliphatic rings. The summed E-state index contributed by atoms with van der Waals surface area (Å²) in [5.41, 5.74) is 0.388. The van der Waals surface area contributed by atoms with Crippen molar-refractivity contribution < 1.29 is 18.3 Å². The van der Waals surface area contributed by atoms with Gasteiger partial charge in [-0.15, -0.1) is 0 Å². The molecule has 6 heteroatoms. The number of hydrogen-bond acceptors (Lipinski definition) is 3. The number of hydrogen-bond donors (Lipinski definition) is 0. The number of carbonyl (C=O) groups excluding carboxylic acids is 1. The van der Waals surface area contributed by atoms with Crippen LogP contribution in [0.15, 0.2) is 18.2 Å². The normalized spacial score (nSPS) is 19.4. The van der Waals surface area contributed by atoms with Crippen molar-refractivity contribution in [3.05, 3.63) is 35.4 Å². The van der Waals surface area contributed by atoms with E-state index >= 15 is 0 Å². The maximum atomic E-state index is 13.8.